The van der Waals surface area contributed by atoms with Gasteiger partial charge in [0, 0.05) is 25.5 Å². The van der Waals surface area contributed by atoms with Crippen LogP contribution in [0.15, 0.2) is 48.1 Å². The van der Waals surface area contributed by atoms with Gasteiger partial charge in [0.15, 0.2) is 5.84 Å². The fourth-order valence-electron chi connectivity index (χ4n) is 2.58. The largest absolute Gasteiger partial charge is 0.507 e. The minimum Gasteiger partial charge on any atom is -0.507 e. The molecule has 1 aliphatic heterocycles. The second kappa shape index (κ2) is 6.43. The van der Waals surface area contributed by atoms with E-state index in [9.17, 15) is 5.11 Å². The summed E-state index contributed by atoms with van der Waals surface area (Å²) in [6.07, 6.45) is 10.2. The average Bonchev–Trinajstić information content (AvgIpc) is 2.90. The zero-order valence-corrected chi connectivity index (χ0v) is 12.0. The summed E-state index contributed by atoms with van der Waals surface area (Å²) in [6.45, 7) is 1.93. The highest BCUT2D eigenvalue weighted by molar-refractivity contribution is 6.02. The number of phenols is 1. The van der Waals surface area contributed by atoms with E-state index in [-0.39, 0.29) is 5.75 Å². The predicted octanol–water partition coefficient (Wildman–Crippen LogP) is 2.67. The van der Waals surface area contributed by atoms with Crippen molar-refractivity contribution in [3.05, 3.63) is 48.5 Å². The van der Waals surface area contributed by atoms with E-state index in [1.807, 2.05) is 29.0 Å². The molecule has 5 nitrogen and oxygen atoms in total. The summed E-state index contributed by atoms with van der Waals surface area (Å²) in [6, 6.07) is 7.29. The first-order valence-corrected chi connectivity index (χ1v) is 7.45. The quantitative estimate of drug-likeness (QED) is 0.681. The average molecular weight is 284 g/mol. The third kappa shape index (κ3) is 3.24. The second-order valence-electron chi connectivity index (χ2n) is 5.28. The highest BCUT2D eigenvalue weighted by Crippen LogP contribution is 2.19. The maximum atomic E-state index is 10.1. The van der Waals surface area contributed by atoms with Crippen LogP contribution in [0.3, 0.4) is 0 Å². The summed E-state index contributed by atoms with van der Waals surface area (Å²) in [5.74, 6) is 0.951. The van der Waals surface area contributed by atoms with Crippen LogP contribution in [-0.2, 0) is 0 Å². The summed E-state index contributed by atoms with van der Waals surface area (Å²) in [4.78, 5) is 4.09. The topological polar surface area (TPSA) is 53.7 Å². The molecule has 1 aromatic carbocycles. The van der Waals surface area contributed by atoms with Crippen molar-refractivity contribution < 1.29 is 5.11 Å². The fourth-order valence-corrected chi connectivity index (χ4v) is 2.58. The Bertz CT molecular complexity index is 598. The Labute approximate surface area is 124 Å². The molecule has 0 spiro atoms. The molecule has 110 valence electrons. The van der Waals surface area contributed by atoms with Crippen LogP contribution in [0.4, 0.5) is 0 Å². The van der Waals surface area contributed by atoms with Crippen molar-refractivity contribution in [1.82, 2.24) is 14.6 Å². The van der Waals surface area contributed by atoms with E-state index in [0.29, 0.717) is 5.84 Å². The molecule has 2 aromatic rings. The first-order valence-electron chi connectivity index (χ1n) is 7.45. The lowest BCUT2D eigenvalue weighted by Crippen LogP contribution is -2.24. The smallest absolute Gasteiger partial charge is 0.169 e. The second-order valence-corrected chi connectivity index (χ2v) is 5.28. The molecule has 1 aromatic heterocycles. The number of hydrogen-bond acceptors (Lipinski definition) is 4. The molecule has 0 bridgehead atoms. The molecule has 0 aliphatic carbocycles. The molecule has 1 N–H and O–H groups in total. The Balaban J connectivity index is 1.98. The summed E-state index contributed by atoms with van der Waals surface area (Å²) < 4.78 is 1.85. The van der Waals surface area contributed by atoms with Gasteiger partial charge in [0.05, 0.1) is 5.56 Å². The van der Waals surface area contributed by atoms with E-state index < -0.39 is 0 Å². The van der Waals surface area contributed by atoms with Crippen LogP contribution < -0.4 is 0 Å². The highest BCUT2D eigenvalue weighted by atomic mass is 16.3. The Morgan fingerprint density at radius 1 is 1.10 bits per heavy atom. The van der Waals surface area contributed by atoms with Gasteiger partial charge in [0.2, 0.25) is 0 Å². The third-order valence-electron chi connectivity index (χ3n) is 3.71. The Hall–Kier alpha value is -2.30. The molecule has 0 radical (unpaired) electrons. The molecule has 2 heterocycles. The van der Waals surface area contributed by atoms with Gasteiger partial charge in [0.25, 0.3) is 0 Å². The molecule has 5 heteroatoms. The summed E-state index contributed by atoms with van der Waals surface area (Å²) >= 11 is 0. The normalized spacial score (nSPS) is 16.8. The van der Waals surface area contributed by atoms with Crippen molar-refractivity contribution in [3.63, 3.8) is 0 Å². The van der Waals surface area contributed by atoms with Crippen LogP contribution in [0.1, 0.15) is 31.2 Å². The van der Waals surface area contributed by atoms with Crippen molar-refractivity contribution in [2.24, 2.45) is 5.10 Å². The van der Waals surface area contributed by atoms with Gasteiger partial charge in [-0.2, -0.15) is 5.10 Å². The lowest BCUT2D eigenvalue weighted by atomic mass is 10.2. The minimum absolute atomic E-state index is 0.236. The maximum Gasteiger partial charge on any atom is 0.169 e. The molecule has 1 saturated heterocycles. The fraction of sp³-hybridized carbons (Fsp3) is 0.375. The number of nitrogens with zero attached hydrogens (tertiary/aromatic N) is 4. The number of benzene rings is 1. The van der Waals surface area contributed by atoms with Crippen LogP contribution >= 0.6 is 0 Å². The van der Waals surface area contributed by atoms with Crippen molar-refractivity contribution in [1.29, 1.82) is 0 Å². The first-order chi connectivity index (χ1) is 10.3. The lowest BCUT2D eigenvalue weighted by molar-refractivity contribution is 0.299. The number of rotatable bonds is 2. The van der Waals surface area contributed by atoms with E-state index >= 15 is 0 Å². The number of phenolic OH excluding ortho intramolecular Hbond substituents is 1. The molecule has 3 rings (SSSR count). The van der Waals surface area contributed by atoms with Crippen molar-refractivity contribution >= 4 is 5.84 Å². The van der Waals surface area contributed by atoms with Crippen molar-refractivity contribution in [2.75, 3.05) is 13.1 Å². The Kier molecular flexibility index (Phi) is 4.19. The first kappa shape index (κ1) is 13.7. The van der Waals surface area contributed by atoms with Crippen LogP contribution in [-0.4, -0.2) is 38.6 Å². The zero-order chi connectivity index (χ0) is 14.5. The lowest BCUT2D eigenvalue weighted by Gasteiger charge is -2.19. The molecule has 0 unspecified atom stereocenters. The molecule has 1 aliphatic rings. The number of aromatic hydroxyl groups is 1. The van der Waals surface area contributed by atoms with E-state index in [0.717, 1.165) is 18.7 Å². The number of aromatic nitrogens is 2. The molecule has 0 amide bonds. The molecular formula is C16H20N4O. The van der Waals surface area contributed by atoms with Gasteiger partial charge in [-0.3, -0.25) is 9.58 Å². The summed E-state index contributed by atoms with van der Waals surface area (Å²) in [7, 11) is 0. The Morgan fingerprint density at radius 2 is 1.86 bits per heavy atom. The van der Waals surface area contributed by atoms with E-state index in [1.54, 1.807) is 18.6 Å². The molecular weight excluding hydrogens is 264 g/mol. The van der Waals surface area contributed by atoms with E-state index in [2.05, 4.69) is 9.99 Å². The minimum atomic E-state index is 0.236. The SMILES string of the molecule is Oc1ccccc1C(=NN1CCCCCC1)n1ccnc1. The molecule has 1 fully saturated rings. The number of para-hydroxylation sites is 1. The van der Waals surface area contributed by atoms with Crippen molar-refractivity contribution in [3.8, 4) is 5.75 Å². The molecule has 21 heavy (non-hydrogen) atoms. The van der Waals surface area contributed by atoms with Gasteiger partial charge in [-0.25, -0.2) is 4.98 Å². The maximum absolute atomic E-state index is 10.1. The van der Waals surface area contributed by atoms with Crippen molar-refractivity contribution in [2.45, 2.75) is 25.7 Å². The Morgan fingerprint density at radius 3 is 2.52 bits per heavy atom. The van der Waals surface area contributed by atoms with Gasteiger partial charge in [-0.1, -0.05) is 25.0 Å². The third-order valence-corrected chi connectivity index (χ3v) is 3.71. The monoisotopic (exact) mass is 284 g/mol. The van der Waals surface area contributed by atoms with Crippen LogP contribution in [0.2, 0.25) is 0 Å². The number of imidazole rings is 1. The van der Waals surface area contributed by atoms with E-state index in [4.69, 9.17) is 5.10 Å². The van der Waals surface area contributed by atoms with E-state index in [1.165, 1.54) is 25.7 Å². The predicted molar refractivity (Wildman–Crippen MR) is 82.3 cm³/mol. The molecule has 0 atom stereocenters. The van der Waals surface area contributed by atoms with Gasteiger partial charge in [-0.15, -0.1) is 0 Å². The number of hydrogen-bond donors (Lipinski definition) is 1. The molecule has 0 saturated carbocycles. The van der Waals surface area contributed by atoms with Gasteiger partial charge < -0.3 is 5.11 Å². The van der Waals surface area contributed by atoms with Crippen LogP contribution in [0.5, 0.6) is 5.75 Å². The number of hydrazone groups is 1. The highest BCUT2D eigenvalue weighted by Gasteiger charge is 2.14. The van der Waals surface area contributed by atoms with Gasteiger partial charge >= 0.3 is 0 Å². The van der Waals surface area contributed by atoms with Crippen LogP contribution in [0.25, 0.3) is 0 Å². The zero-order valence-electron chi connectivity index (χ0n) is 12.0. The summed E-state index contributed by atoms with van der Waals surface area (Å²) in [5.41, 5.74) is 0.722. The van der Waals surface area contributed by atoms with Gasteiger partial charge in [-0.05, 0) is 25.0 Å². The van der Waals surface area contributed by atoms with Gasteiger partial charge in [0.1, 0.15) is 12.1 Å². The summed E-state index contributed by atoms with van der Waals surface area (Å²) in [5, 5.41) is 17.0. The van der Waals surface area contributed by atoms with Crippen LogP contribution in [0, 0.1) is 0 Å². The standard InChI is InChI=1S/C16H20N4O/c21-15-8-4-3-7-14(15)16(19-12-9-17-13-19)18-20-10-5-1-2-6-11-20/h3-4,7-9,12-13,21H,1-2,5-6,10-11H2.